The fourth-order valence-corrected chi connectivity index (χ4v) is 1.33. The summed E-state index contributed by atoms with van der Waals surface area (Å²) < 4.78 is 0. The first-order valence-electron chi connectivity index (χ1n) is 5.82. The molecular weight excluding hydrogens is 214 g/mol. The Kier molecular flexibility index (Phi) is 5.27. The number of carbonyl (C=O) groups excluding carboxylic acids is 1. The van der Waals surface area contributed by atoms with E-state index in [-0.39, 0.29) is 11.7 Å². The van der Waals surface area contributed by atoms with Crippen molar-refractivity contribution in [3.05, 3.63) is 42.0 Å². The third-order valence-electron chi connectivity index (χ3n) is 2.28. The summed E-state index contributed by atoms with van der Waals surface area (Å²) in [7, 11) is 0. The minimum Gasteiger partial charge on any atom is -0.508 e. The van der Waals surface area contributed by atoms with Crippen LogP contribution in [0.5, 0.6) is 5.75 Å². The largest absolute Gasteiger partial charge is 0.508 e. The number of benzene rings is 1. The molecule has 17 heavy (non-hydrogen) atoms. The fourth-order valence-electron chi connectivity index (χ4n) is 1.33. The third-order valence-corrected chi connectivity index (χ3v) is 2.28. The van der Waals surface area contributed by atoms with Crippen LogP contribution in [-0.4, -0.2) is 17.6 Å². The fraction of sp³-hybridized carbons (Fsp3) is 0.357. The average Bonchev–Trinajstić information content (AvgIpc) is 2.29. The van der Waals surface area contributed by atoms with Crippen molar-refractivity contribution in [2.45, 2.75) is 20.3 Å². The lowest BCUT2D eigenvalue weighted by atomic mass is 10.1. The van der Waals surface area contributed by atoms with E-state index in [2.05, 4.69) is 5.32 Å². The summed E-state index contributed by atoms with van der Waals surface area (Å²) >= 11 is 0. The molecule has 0 radical (unpaired) electrons. The summed E-state index contributed by atoms with van der Waals surface area (Å²) in [5, 5.41) is 11.9. The Morgan fingerprint density at radius 2 is 2.00 bits per heavy atom. The molecule has 0 atom stereocenters. The Morgan fingerprint density at radius 3 is 2.59 bits per heavy atom. The van der Waals surface area contributed by atoms with Gasteiger partial charge < -0.3 is 10.4 Å². The van der Waals surface area contributed by atoms with Crippen LogP contribution in [0.3, 0.4) is 0 Å². The lowest BCUT2D eigenvalue weighted by molar-refractivity contribution is -0.116. The Hall–Kier alpha value is -1.77. The van der Waals surface area contributed by atoms with Crippen LogP contribution in [0.2, 0.25) is 0 Å². The smallest absolute Gasteiger partial charge is 0.243 e. The van der Waals surface area contributed by atoms with Crippen LogP contribution < -0.4 is 5.32 Å². The van der Waals surface area contributed by atoms with Crippen LogP contribution in [0.15, 0.2) is 36.4 Å². The predicted octanol–water partition coefficient (Wildman–Crippen LogP) is 2.26. The number of amides is 1. The molecule has 1 aromatic carbocycles. The molecule has 0 bridgehead atoms. The van der Waals surface area contributed by atoms with Gasteiger partial charge in [-0.15, -0.1) is 0 Å². The van der Waals surface area contributed by atoms with Crippen molar-refractivity contribution in [2.24, 2.45) is 5.92 Å². The Bertz CT molecular complexity index is 380. The second-order valence-corrected chi connectivity index (χ2v) is 4.31. The van der Waals surface area contributed by atoms with E-state index in [1.807, 2.05) is 32.1 Å². The first-order chi connectivity index (χ1) is 8.08. The number of aromatic hydroxyl groups is 1. The Morgan fingerprint density at radius 1 is 1.35 bits per heavy atom. The molecule has 0 spiro atoms. The van der Waals surface area contributed by atoms with Gasteiger partial charge in [-0.3, -0.25) is 4.79 Å². The quantitative estimate of drug-likeness (QED) is 0.766. The maximum absolute atomic E-state index is 11.4. The van der Waals surface area contributed by atoms with Gasteiger partial charge in [-0.1, -0.05) is 32.1 Å². The zero-order chi connectivity index (χ0) is 12.7. The molecule has 0 aromatic heterocycles. The Labute approximate surface area is 102 Å². The van der Waals surface area contributed by atoms with Gasteiger partial charge in [-0.25, -0.2) is 0 Å². The Balaban J connectivity index is 2.28. The lowest BCUT2D eigenvalue weighted by Crippen LogP contribution is -2.23. The number of hydrogen-bond donors (Lipinski definition) is 2. The minimum absolute atomic E-state index is 0.0579. The molecule has 3 nitrogen and oxygen atoms in total. The van der Waals surface area contributed by atoms with E-state index < -0.39 is 0 Å². The third kappa shape index (κ3) is 5.76. The summed E-state index contributed by atoms with van der Waals surface area (Å²) in [6, 6.07) is 7.00. The summed E-state index contributed by atoms with van der Waals surface area (Å²) in [5.41, 5.74) is 1.09. The molecule has 2 N–H and O–H groups in total. The highest BCUT2D eigenvalue weighted by Gasteiger charge is 1.97. The van der Waals surface area contributed by atoms with E-state index >= 15 is 0 Å². The zero-order valence-electron chi connectivity index (χ0n) is 10.3. The molecule has 1 amide bonds. The number of nitrogens with one attached hydrogen (secondary N) is 1. The molecule has 1 rings (SSSR count). The van der Waals surface area contributed by atoms with Gasteiger partial charge in [0.2, 0.25) is 5.91 Å². The monoisotopic (exact) mass is 233 g/mol. The van der Waals surface area contributed by atoms with Crippen molar-refractivity contribution in [2.75, 3.05) is 6.54 Å². The van der Waals surface area contributed by atoms with Crippen LogP contribution >= 0.6 is 0 Å². The molecule has 0 saturated heterocycles. The van der Waals surface area contributed by atoms with Gasteiger partial charge in [0.1, 0.15) is 5.75 Å². The van der Waals surface area contributed by atoms with Gasteiger partial charge in [0, 0.05) is 6.54 Å². The first-order valence-corrected chi connectivity index (χ1v) is 5.82. The molecule has 0 fully saturated rings. The SMILES string of the molecule is CC(C)/C=C/C(=O)NCCc1ccc(O)cc1. The minimum atomic E-state index is -0.0579. The van der Waals surface area contributed by atoms with Crippen molar-refractivity contribution in [1.29, 1.82) is 0 Å². The normalized spacial score (nSPS) is 11.0. The number of carbonyl (C=O) groups is 1. The van der Waals surface area contributed by atoms with E-state index in [1.54, 1.807) is 18.2 Å². The highest BCUT2D eigenvalue weighted by Crippen LogP contribution is 2.09. The number of phenolic OH excluding ortho intramolecular Hbond substituents is 1. The van der Waals surface area contributed by atoms with Gasteiger partial charge in [-0.2, -0.15) is 0 Å². The van der Waals surface area contributed by atoms with Crippen LogP contribution in [0, 0.1) is 5.92 Å². The molecule has 0 saturated carbocycles. The average molecular weight is 233 g/mol. The number of rotatable bonds is 5. The van der Waals surface area contributed by atoms with Gasteiger partial charge in [0.15, 0.2) is 0 Å². The maximum atomic E-state index is 11.4. The molecule has 0 aliphatic rings. The van der Waals surface area contributed by atoms with E-state index in [1.165, 1.54) is 0 Å². The van der Waals surface area contributed by atoms with Crippen molar-refractivity contribution in [3.63, 3.8) is 0 Å². The van der Waals surface area contributed by atoms with Gasteiger partial charge >= 0.3 is 0 Å². The van der Waals surface area contributed by atoms with E-state index in [0.29, 0.717) is 12.5 Å². The molecule has 0 heterocycles. The van der Waals surface area contributed by atoms with Crippen molar-refractivity contribution < 1.29 is 9.90 Å². The first kappa shape index (κ1) is 13.3. The molecular formula is C14H19NO2. The van der Waals surface area contributed by atoms with E-state index in [0.717, 1.165) is 12.0 Å². The molecule has 3 heteroatoms. The van der Waals surface area contributed by atoms with Crippen LogP contribution in [0.1, 0.15) is 19.4 Å². The van der Waals surface area contributed by atoms with Gasteiger partial charge in [-0.05, 0) is 36.1 Å². The van der Waals surface area contributed by atoms with E-state index in [4.69, 9.17) is 5.11 Å². The summed E-state index contributed by atoms with van der Waals surface area (Å²) in [6.07, 6.45) is 4.21. The maximum Gasteiger partial charge on any atom is 0.243 e. The van der Waals surface area contributed by atoms with Crippen molar-refractivity contribution in [1.82, 2.24) is 5.32 Å². The van der Waals surface area contributed by atoms with Crippen molar-refractivity contribution >= 4 is 5.91 Å². The standard InChI is InChI=1S/C14H19NO2/c1-11(2)3-8-14(17)15-10-9-12-4-6-13(16)7-5-12/h3-8,11,16H,9-10H2,1-2H3,(H,15,17)/b8-3+. The summed E-state index contributed by atoms with van der Waals surface area (Å²) in [4.78, 5) is 11.4. The second-order valence-electron chi connectivity index (χ2n) is 4.31. The molecule has 0 aliphatic heterocycles. The highest BCUT2D eigenvalue weighted by atomic mass is 16.3. The van der Waals surface area contributed by atoms with Gasteiger partial charge in [0.25, 0.3) is 0 Å². The van der Waals surface area contributed by atoms with Crippen LogP contribution in [0.25, 0.3) is 0 Å². The predicted molar refractivity (Wildman–Crippen MR) is 68.8 cm³/mol. The number of phenols is 1. The molecule has 1 aromatic rings. The van der Waals surface area contributed by atoms with Crippen LogP contribution in [0.4, 0.5) is 0 Å². The molecule has 92 valence electrons. The van der Waals surface area contributed by atoms with Crippen LogP contribution in [-0.2, 0) is 11.2 Å². The topological polar surface area (TPSA) is 49.3 Å². The van der Waals surface area contributed by atoms with Gasteiger partial charge in [0.05, 0.1) is 0 Å². The zero-order valence-corrected chi connectivity index (χ0v) is 10.3. The summed E-state index contributed by atoms with van der Waals surface area (Å²) in [5.74, 6) is 0.591. The number of allylic oxidation sites excluding steroid dienone is 1. The molecule has 0 aliphatic carbocycles. The van der Waals surface area contributed by atoms with E-state index in [9.17, 15) is 4.79 Å². The molecule has 0 unspecified atom stereocenters. The highest BCUT2D eigenvalue weighted by molar-refractivity contribution is 5.87. The number of hydrogen-bond acceptors (Lipinski definition) is 2. The lowest BCUT2D eigenvalue weighted by Gasteiger charge is -2.03. The summed E-state index contributed by atoms with van der Waals surface area (Å²) in [6.45, 7) is 4.66. The second kappa shape index (κ2) is 6.74. The van der Waals surface area contributed by atoms with Crippen molar-refractivity contribution in [3.8, 4) is 5.75 Å².